The number of rotatable bonds is 2. The molecule has 0 radical (unpaired) electrons. The van der Waals surface area contributed by atoms with Gasteiger partial charge in [0.1, 0.15) is 0 Å². The van der Waals surface area contributed by atoms with E-state index in [1.54, 1.807) is 0 Å². The van der Waals surface area contributed by atoms with Crippen molar-refractivity contribution in [2.24, 2.45) is 11.7 Å². The van der Waals surface area contributed by atoms with Crippen LogP contribution in [0, 0.1) is 5.92 Å². The van der Waals surface area contributed by atoms with Crippen molar-refractivity contribution in [3.63, 3.8) is 0 Å². The molecule has 1 fully saturated rings. The average molecular weight is 170 g/mol. The third-order valence-electron chi connectivity index (χ3n) is 2.37. The molecule has 0 spiro atoms. The monoisotopic (exact) mass is 170 g/mol. The van der Waals surface area contributed by atoms with E-state index in [1.807, 2.05) is 4.90 Å². The van der Waals surface area contributed by atoms with E-state index in [4.69, 9.17) is 5.73 Å². The summed E-state index contributed by atoms with van der Waals surface area (Å²) in [6.45, 7) is 4.54. The topological polar surface area (TPSA) is 46.3 Å². The molecule has 0 aromatic rings. The van der Waals surface area contributed by atoms with Crippen LogP contribution in [0.3, 0.4) is 0 Å². The molecule has 0 saturated carbocycles. The molecule has 0 aliphatic carbocycles. The molecule has 12 heavy (non-hydrogen) atoms. The molecule has 0 unspecified atom stereocenters. The lowest BCUT2D eigenvalue weighted by Crippen LogP contribution is -2.39. The molecule has 1 saturated heterocycles. The first-order valence-electron chi connectivity index (χ1n) is 4.72. The molecule has 1 aliphatic heterocycles. The van der Waals surface area contributed by atoms with E-state index in [9.17, 15) is 4.79 Å². The Labute approximate surface area is 73.9 Å². The molecule has 1 aliphatic rings. The first kappa shape index (κ1) is 9.52. The largest absolute Gasteiger partial charge is 0.342 e. The molecule has 0 bridgehead atoms. The second-order valence-electron chi connectivity index (χ2n) is 3.63. The summed E-state index contributed by atoms with van der Waals surface area (Å²) < 4.78 is 0. The van der Waals surface area contributed by atoms with E-state index in [2.05, 4.69) is 6.92 Å². The fourth-order valence-electron chi connectivity index (χ4n) is 1.70. The Morgan fingerprint density at radius 1 is 1.67 bits per heavy atom. The second kappa shape index (κ2) is 4.45. The fourth-order valence-corrected chi connectivity index (χ4v) is 1.70. The Kier molecular flexibility index (Phi) is 3.53. The molecule has 1 atom stereocenters. The Morgan fingerprint density at radius 3 is 3.00 bits per heavy atom. The van der Waals surface area contributed by atoms with Gasteiger partial charge in [0, 0.05) is 26.1 Å². The lowest BCUT2D eigenvalue weighted by Gasteiger charge is -2.30. The average Bonchev–Trinajstić information content (AvgIpc) is 2.05. The zero-order valence-electron chi connectivity index (χ0n) is 7.75. The van der Waals surface area contributed by atoms with Gasteiger partial charge in [-0.3, -0.25) is 4.79 Å². The summed E-state index contributed by atoms with van der Waals surface area (Å²) in [4.78, 5) is 13.3. The van der Waals surface area contributed by atoms with Crippen LogP contribution in [-0.2, 0) is 4.79 Å². The molecule has 0 aromatic heterocycles. The third-order valence-corrected chi connectivity index (χ3v) is 2.37. The van der Waals surface area contributed by atoms with E-state index in [0.29, 0.717) is 18.9 Å². The molecule has 2 N–H and O–H groups in total. The number of piperidine rings is 1. The van der Waals surface area contributed by atoms with Crippen molar-refractivity contribution in [3.05, 3.63) is 0 Å². The zero-order chi connectivity index (χ0) is 8.97. The number of hydrogen-bond acceptors (Lipinski definition) is 2. The highest BCUT2D eigenvalue weighted by Gasteiger charge is 2.19. The highest BCUT2D eigenvalue weighted by molar-refractivity contribution is 5.76. The summed E-state index contributed by atoms with van der Waals surface area (Å²) >= 11 is 0. The van der Waals surface area contributed by atoms with Crippen LogP contribution in [0.2, 0.25) is 0 Å². The number of likely N-dealkylation sites (tertiary alicyclic amines) is 1. The highest BCUT2D eigenvalue weighted by atomic mass is 16.2. The Hall–Kier alpha value is -0.570. The van der Waals surface area contributed by atoms with Crippen molar-refractivity contribution in [1.29, 1.82) is 0 Å². The zero-order valence-corrected chi connectivity index (χ0v) is 7.75. The molecule has 1 heterocycles. The summed E-state index contributed by atoms with van der Waals surface area (Å²) in [6.07, 6.45) is 2.91. The number of nitrogens with two attached hydrogens (primary N) is 1. The lowest BCUT2D eigenvalue weighted by molar-refractivity contribution is -0.132. The predicted molar refractivity (Wildman–Crippen MR) is 48.6 cm³/mol. The fraction of sp³-hybridized carbons (Fsp3) is 0.889. The number of nitrogens with zero attached hydrogens (tertiary/aromatic N) is 1. The first-order valence-corrected chi connectivity index (χ1v) is 4.72. The summed E-state index contributed by atoms with van der Waals surface area (Å²) in [6, 6.07) is 0. The normalized spacial score (nSPS) is 24.2. The van der Waals surface area contributed by atoms with Gasteiger partial charge in [-0.2, -0.15) is 0 Å². The van der Waals surface area contributed by atoms with Crippen LogP contribution in [0.1, 0.15) is 26.2 Å². The maximum atomic E-state index is 11.4. The van der Waals surface area contributed by atoms with E-state index >= 15 is 0 Å². The van der Waals surface area contributed by atoms with E-state index < -0.39 is 0 Å². The van der Waals surface area contributed by atoms with E-state index in [1.165, 1.54) is 6.42 Å². The SMILES string of the molecule is C[C@@H]1CCCN(C(=O)CCN)C1. The van der Waals surface area contributed by atoms with E-state index in [0.717, 1.165) is 19.5 Å². The van der Waals surface area contributed by atoms with Gasteiger partial charge in [0.2, 0.25) is 5.91 Å². The van der Waals surface area contributed by atoms with Gasteiger partial charge in [-0.05, 0) is 18.8 Å². The summed E-state index contributed by atoms with van der Waals surface area (Å²) in [5, 5.41) is 0. The molecule has 3 nitrogen and oxygen atoms in total. The van der Waals surface area contributed by atoms with Crippen molar-refractivity contribution in [2.45, 2.75) is 26.2 Å². The highest BCUT2D eigenvalue weighted by Crippen LogP contribution is 2.15. The molecular formula is C9H18N2O. The molecule has 1 rings (SSSR count). The van der Waals surface area contributed by atoms with Crippen LogP contribution in [0.4, 0.5) is 0 Å². The van der Waals surface area contributed by atoms with Gasteiger partial charge in [-0.1, -0.05) is 6.92 Å². The van der Waals surface area contributed by atoms with Gasteiger partial charge in [0.15, 0.2) is 0 Å². The van der Waals surface area contributed by atoms with Gasteiger partial charge >= 0.3 is 0 Å². The summed E-state index contributed by atoms with van der Waals surface area (Å²) in [5.74, 6) is 0.893. The van der Waals surface area contributed by atoms with Crippen LogP contribution in [-0.4, -0.2) is 30.4 Å². The quantitative estimate of drug-likeness (QED) is 0.659. The molecular weight excluding hydrogens is 152 g/mol. The maximum absolute atomic E-state index is 11.4. The van der Waals surface area contributed by atoms with Gasteiger partial charge in [0.05, 0.1) is 0 Å². The minimum Gasteiger partial charge on any atom is -0.342 e. The standard InChI is InChI=1S/C9H18N2O/c1-8-3-2-6-11(7-8)9(12)4-5-10/h8H,2-7,10H2,1H3/t8-/m1/s1. The van der Waals surface area contributed by atoms with Crippen molar-refractivity contribution in [1.82, 2.24) is 4.90 Å². The van der Waals surface area contributed by atoms with Crippen LogP contribution in [0.15, 0.2) is 0 Å². The summed E-state index contributed by atoms with van der Waals surface area (Å²) in [7, 11) is 0. The maximum Gasteiger partial charge on any atom is 0.223 e. The van der Waals surface area contributed by atoms with Crippen molar-refractivity contribution < 1.29 is 4.79 Å². The van der Waals surface area contributed by atoms with Gasteiger partial charge in [-0.15, -0.1) is 0 Å². The molecule has 0 aromatic carbocycles. The third kappa shape index (κ3) is 2.48. The van der Waals surface area contributed by atoms with Crippen molar-refractivity contribution in [2.75, 3.05) is 19.6 Å². The minimum absolute atomic E-state index is 0.226. The number of hydrogen-bond donors (Lipinski definition) is 1. The number of amides is 1. The van der Waals surface area contributed by atoms with Gasteiger partial charge in [-0.25, -0.2) is 0 Å². The van der Waals surface area contributed by atoms with Gasteiger partial charge < -0.3 is 10.6 Å². The first-order chi connectivity index (χ1) is 5.74. The molecule has 1 amide bonds. The lowest BCUT2D eigenvalue weighted by atomic mass is 10.0. The molecule has 70 valence electrons. The second-order valence-corrected chi connectivity index (χ2v) is 3.63. The Balaban J connectivity index is 2.35. The smallest absolute Gasteiger partial charge is 0.223 e. The van der Waals surface area contributed by atoms with Crippen molar-refractivity contribution >= 4 is 5.91 Å². The van der Waals surface area contributed by atoms with E-state index in [-0.39, 0.29) is 5.91 Å². The number of carbonyl (C=O) groups excluding carboxylic acids is 1. The Bertz CT molecular complexity index is 159. The summed E-state index contributed by atoms with van der Waals surface area (Å²) in [5.41, 5.74) is 5.32. The van der Waals surface area contributed by atoms with Crippen LogP contribution < -0.4 is 5.73 Å². The van der Waals surface area contributed by atoms with Gasteiger partial charge in [0.25, 0.3) is 0 Å². The number of carbonyl (C=O) groups is 1. The van der Waals surface area contributed by atoms with Crippen LogP contribution >= 0.6 is 0 Å². The minimum atomic E-state index is 0.226. The Morgan fingerprint density at radius 2 is 2.42 bits per heavy atom. The van der Waals surface area contributed by atoms with Crippen LogP contribution in [0.5, 0.6) is 0 Å². The van der Waals surface area contributed by atoms with Crippen LogP contribution in [0.25, 0.3) is 0 Å². The molecule has 3 heteroatoms. The van der Waals surface area contributed by atoms with Crippen molar-refractivity contribution in [3.8, 4) is 0 Å². The predicted octanol–water partition coefficient (Wildman–Crippen LogP) is 0.594.